The van der Waals surface area contributed by atoms with Gasteiger partial charge in [-0.3, -0.25) is 0 Å². The summed E-state index contributed by atoms with van der Waals surface area (Å²) in [5.41, 5.74) is 0. The molecule has 1 fully saturated rings. The van der Waals surface area contributed by atoms with E-state index in [4.69, 9.17) is 174 Å². The van der Waals surface area contributed by atoms with E-state index in [1.807, 2.05) is 0 Å². The van der Waals surface area contributed by atoms with E-state index in [0.29, 0.717) is 0 Å². The van der Waals surface area contributed by atoms with Crippen LogP contribution in [0.5, 0.6) is 0 Å². The van der Waals surface area contributed by atoms with Crippen molar-refractivity contribution in [3.05, 3.63) is 0 Å². The van der Waals surface area contributed by atoms with Gasteiger partial charge in [0.1, 0.15) is 5.38 Å². The molecular weight excluding hydrogens is 628 g/mol. The normalized spacial score (nSPS) is 33.5. The second-order valence-electron chi connectivity index (χ2n) is 4.48. The molecule has 1 saturated carbocycles. The van der Waals surface area contributed by atoms with Crippen molar-refractivity contribution in [2.24, 2.45) is 0 Å². The molecular formula is C8HCl15. The first-order valence-corrected chi connectivity index (χ1v) is 10.7. The van der Waals surface area contributed by atoms with Crippen molar-refractivity contribution in [1.82, 2.24) is 0 Å². The summed E-state index contributed by atoms with van der Waals surface area (Å²) in [6.45, 7) is 0. The summed E-state index contributed by atoms with van der Waals surface area (Å²) < 4.78 is -18.3. The number of halogens is 15. The summed E-state index contributed by atoms with van der Waals surface area (Å²) in [6.07, 6.45) is 0. The zero-order chi connectivity index (χ0) is 19.1. The Kier molecular flexibility index (Phi) is 7.67. The fourth-order valence-electron chi connectivity index (χ4n) is 1.56. The third-order valence-corrected chi connectivity index (χ3v) is 14.2. The summed E-state index contributed by atoms with van der Waals surface area (Å²) in [6, 6.07) is 0. The van der Waals surface area contributed by atoms with Gasteiger partial charge in [0.05, 0.1) is 0 Å². The molecule has 0 heterocycles. The summed E-state index contributed by atoms with van der Waals surface area (Å²) in [5, 5.41) is -1.81. The van der Waals surface area contributed by atoms with Gasteiger partial charge in [-0.2, -0.15) is 0 Å². The number of hydrogen-bond acceptors (Lipinski definition) is 0. The highest BCUT2D eigenvalue weighted by atomic mass is 35.6. The van der Waals surface area contributed by atoms with E-state index >= 15 is 0 Å². The van der Waals surface area contributed by atoms with Gasteiger partial charge in [-0.15, -0.1) is 11.6 Å². The Labute approximate surface area is 207 Å². The molecule has 0 radical (unpaired) electrons. The molecule has 23 heavy (non-hydrogen) atoms. The second kappa shape index (κ2) is 6.95. The maximum atomic E-state index is 6.13. The van der Waals surface area contributed by atoms with Crippen LogP contribution < -0.4 is 0 Å². The third kappa shape index (κ3) is 3.16. The molecule has 138 valence electrons. The van der Waals surface area contributed by atoms with Gasteiger partial charge in [0.2, 0.25) is 0 Å². The smallest absolute Gasteiger partial charge is 0.116 e. The maximum Gasteiger partial charge on any atom is 0.189 e. The van der Waals surface area contributed by atoms with Gasteiger partial charge in [-0.25, -0.2) is 0 Å². The van der Waals surface area contributed by atoms with Crippen LogP contribution in [0.3, 0.4) is 0 Å². The molecule has 0 unspecified atom stereocenters. The molecule has 0 aromatic heterocycles. The number of alkyl halides is 15. The van der Waals surface area contributed by atoms with E-state index < -0.39 is 35.7 Å². The number of rotatable bonds is 0. The molecule has 0 aromatic rings. The quantitative estimate of drug-likeness (QED) is 0.235. The monoisotopic (exact) mass is 622 g/mol. The molecule has 0 bridgehead atoms. The lowest BCUT2D eigenvalue weighted by Crippen LogP contribution is -2.75. The molecule has 0 aromatic carbocycles. The SMILES string of the molecule is ClC1C(Cl)(Cl)C(Cl)(Cl)C(Cl)(Cl)C(Cl)(Cl)C(Cl)(Cl)C(Cl)(Cl)C1(Cl)Cl. The Bertz CT molecular complexity index is 446. The largest absolute Gasteiger partial charge is 0.189 e. The van der Waals surface area contributed by atoms with Gasteiger partial charge in [-0.1, -0.05) is 162 Å². The van der Waals surface area contributed by atoms with Crippen LogP contribution in [0.25, 0.3) is 0 Å². The third-order valence-electron chi connectivity index (χ3n) is 3.05. The van der Waals surface area contributed by atoms with Crippen LogP contribution >= 0.6 is 174 Å². The summed E-state index contributed by atoms with van der Waals surface area (Å²) >= 11 is 91.8. The Hall–Kier alpha value is 4.35. The van der Waals surface area contributed by atoms with Crippen LogP contribution in [0.15, 0.2) is 0 Å². The Balaban J connectivity index is 3.95. The van der Waals surface area contributed by atoms with Crippen LogP contribution in [0, 0.1) is 0 Å². The van der Waals surface area contributed by atoms with Crippen LogP contribution in [0.1, 0.15) is 0 Å². The van der Waals surface area contributed by atoms with Crippen LogP contribution in [0.2, 0.25) is 0 Å². The average molecular weight is 629 g/mol. The summed E-state index contributed by atoms with van der Waals surface area (Å²) in [7, 11) is 0. The predicted molar refractivity (Wildman–Crippen MR) is 111 cm³/mol. The Morgan fingerprint density at radius 2 is 0.522 bits per heavy atom. The van der Waals surface area contributed by atoms with Crippen molar-refractivity contribution in [1.29, 1.82) is 0 Å². The molecule has 0 spiro atoms. The first-order chi connectivity index (χ1) is 9.65. The standard InChI is InChI=1S/C8HCl15/c9-1-2(10,11)4(14,15)6(18,19)8(22,23)7(20,21)5(16,17)3(1,12)13/h1H. The molecule has 1 aliphatic rings. The average Bonchev–Trinajstić information content (AvgIpc) is 2.35. The minimum atomic E-state index is -2.71. The van der Waals surface area contributed by atoms with E-state index in [1.165, 1.54) is 0 Å². The topological polar surface area (TPSA) is 0 Å². The minimum absolute atomic E-state index is 1.81. The van der Waals surface area contributed by atoms with Gasteiger partial charge < -0.3 is 0 Å². The lowest BCUT2D eigenvalue weighted by molar-refractivity contribution is 0.387. The molecule has 0 aliphatic heterocycles. The van der Waals surface area contributed by atoms with E-state index in [0.717, 1.165) is 0 Å². The molecule has 1 rings (SSSR count). The highest BCUT2D eigenvalue weighted by Crippen LogP contribution is 2.75. The molecule has 0 amide bonds. The fourth-order valence-corrected chi connectivity index (χ4v) is 7.25. The van der Waals surface area contributed by atoms with Crippen molar-refractivity contribution in [2.75, 3.05) is 0 Å². The molecule has 0 atom stereocenters. The fraction of sp³-hybridized carbons (Fsp3) is 1.00. The lowest BCUT2D eigenvalue weighted by Gasteiger charge is -2.58. The van der Waals surface area contributed by atoms with Crippen LogP contribution in [-0.4, -0.2) is 35.7 Å². The van der Waals surface area contributed by atoms with Gasteiger partial charge in [0, 0.05) is 0 Å². The zero-order valence-corrected chi connectivity index (χ0v) is 21.1. The zero-order valence-electron chi connectivity index (χ0n) is 9.75. The van der Waals surface area contributed by atoms with Crippen molar-refractivity contribution < 1.29 is 0 Å². The summed E-state index contributed by atoms with van der Waals surface area (Å²) in [4.78, 5) is 0. The van der Waals surface area contributed by atoms with E-state index in [9.17, 15) is 0 Å². The van der Waals surface area contributed by atoms with Gasteiger partial charge in [0.15, 0.2) is 30.3 Å². The molecule has 1 aliphatic carbocycles. The van der Waals surface area contributed by atoms with Crippen LogP contribution in [0.4, 0.5) is 0 Å². The molecule has 0 saturated heterocycles. The lowest BCUT2D eigenvalue weighted by atomic mass is 9.94. The maximum absolute atomic E-state index is 6.13. The predicted octanol–water partition coefficient (Wildman–Crippen LogP) is 8.82. The van der Waals surface area contributed by atoms with Crippen LogP contribution in [-0.2, 0) is 0 Å². The van der Waals surface area contributed by atoms with E-state index in [2.05, 4.69) is 0 Å². The van der Waals surface area contributed by atoms with Gasteiger partial charge >= 0.3 is 0 Å². The van der Waals surface area contributed by atoms with Crippen molar-refractivity contribution >= 4 is 174 Å². The van der Waals surface area contributed by atoms with Gasteiger partial charge in [0.25, 0.3) is 0 Å². The van der Waals surface area contributed by atoms with E-state index in [1.54, 1.807) is 0 Å². The van der Waals surface area contributed by atoms with Crippen molar-refractivity contribution in [3.8, 4) is 0 Å². The first-order valence-electron chi connectivity index (χ1n) is 4.94. The Morgan fingerprint density at radius 1 is 0.348 bits per heavy atom. The first kappa shape index (κ1) is 25.4. The summed E-state index contributed by atoms with van der Waals surface area (Å²) in [5.74, 6) is 0. The number of hydrogen-bond donors (Lipinski definition) is 0. The van der Waals surface area contributed by atoms with Crippen molar-refractivity contribution in [3.63, 3.8) is 0 Å². The van der Waals surface area contributed by atoms with Crippen molar-refractivity contribution in [2.45, 2.75) is 35.7 Å². The highest BCUT2D eigenvalue weighted by Gasteiger charge is 2.84. The van der Waals surface area contributed by atoms with E-state index in [-0.39, 0.29) is 0 Å². The van der Waals surface area contributed by atoms with Gasteiger partial charge in [-0.05, 0) is 0 Å². The second-order valence-corrected chi connectivity index (χ2v) is 14.3. The molecule has 0 N–H and O–H groups in total. The Morgan fingerprint density at radius 3 is 0.739 bits per heavy atom. The molecule has 0 nitrogen and oxygen atoms in total. The highest BCUT2D eigenvalue weighted by molar-refractivity contribution is 6.81. The molecule has 15 heteroatoms. The minimum Gasteiger partial charge on any atom is -0.116 e.